The molecular formula is C21H23Cl2N5O2. The van der Waals surface area contributed by atoms with E-state index in [9.17, 15) is 9.90 Å². The summed E-state index contributed by atoms with van der Waals surface area (Å²) in [5.41, 5.74) is 3.76. The summed E-state index contributed by atoms with van der Waals surface area (Å²) in [6, 6.07) is 9.15. The highest BCUT2D eigenvalue weighted by atomic mass is 35.5. The van der Waals surface area contributed by atoms with E-state index in [0.29, 0.717) is 16.4 Å². The van der Waals surface area contributed by atoms with Gasteiger partial charge in [-0.05, 0) is 51.1 Å². The quantitative estimate of drug-likeness (QED) is 0.634. The predicted molar refractivity (Wildman–Crippen MR) is 118 cm³/mol. The summed E-state index contributed by atoms with van der Waals surface area (Å²) >= 11 is 6.07. The van der Waals surface area contributed by atoms with E-state index in [1.54, 1.807) is 18.3 Å². The fourth-order valence-corrected chi connectivity index (χ4v) is 3.88. The first kappa shape index (κ1) is 22.4. The molecule has 0 radical (unpaired) electrons. The number of aliphatic hydroxyl groups is 1. The zero-order valence-corrected chi connectivity index (χ0v) is 18.0. The molecule has 1 aromatic carbocycles. The highest BCUT2D eigenvalue weighted by Crippen LogP contribution is 2.40. The van der Waals surface area contributed by atoms with Gasteiger partial charge >= 0.3 is 0 Å². The molecule has 158 valence electrons. The van der Waals surface area contributed by atoms with Crippen molar-refractivity contribution in [1.29, 1.82) is 0 Å². The van der Waals surface area contributed by atoms with Gasteiger partial charge in [-0.25, -0.2) is 14.6 Å². The van der Waals surface area contributed by atoms with Crippen LogP contribution in [0.5, 0.6) is 0 Å². The van der Waals surface area contributed by atoms with Crippen LogP contribution in [0.4, 0.5) is 0 Å². The Morgan fingerprint density at radius 3 is 2.53 bits per heavy atom. The standard InChI is InChI=1S/C21H22ClN5O2.ClH/c1-13(28)21(29)27-20(15-6-9-23-10-7-15)18(17-8-11-24-12-25-17)19(26-27)14-2-4-16(22)5-3-14;/h2-5,8,11-13,15,23,28H,6-7,9-10H2,1H3;1H/t13-;/m1./s1. The maximum Gasteiger partial charge on any atom is 0.275 e. The lowest BCUT2D eigenvalue weighted by Gasteiger charge is -2.24. The summed E-state index contributed by atoms with van der Waals surface area (Å²) in [5, 5.41) is 18.7. The van der Waals surface area contributed by atoms with E-state index in [2.05, 4.69) is 20.4 Å². The molecule has 9 heteroatoms. The summed E-state index contributed by atoms with van der Waals surface area (Å²) in [5.74, 6) is -0.327. The van der Waals surface area contributed by atoms with Crippen LogP contribution < -0.4 is 5.32 Å². The summed E-state index contributed by atoms with van der Waals surface area (Å²) < 4.78 is 1.38. The minimum atomic E-state index is -1.16. The number of aliphatic hydroxyl groups excluding tert-OH is 1. The van der Waals surface area contributed by atoms with Crippen molar-refractivity contribution in [3.8, 4) is 22.5 Å². The average molecular weight is 448 g/mol. The van der Waals surface area contributed by atoms with Gasteiger partial charge in [0.05, 0.1) is 17.0 Å². The molecular weight excluding hydrogens is 425 g/mol. The maximum absolute atomic E-state index is 12.9. The lowest BCUT2D eigenvalue weighted by molar-refractivity contribution is 0.0663. The molecule has 0 amide bonds. The van der Waals surface area contributed by atoms with Gasteiger partial charge in [-0.15, -0.1) is 12.4 Å². The molecule has 1 aliphatic rings. The van der Waals surface area contributed by atoms with Gasteiger partial charge in [0.15, 0.2) is 0 Å². The summed E-state index contributed by atoms with van der Waals surface area (Å²) in [7, 11) is 0. The molecule has 0 saturated carbocycles. The smallest absolute Gasteiger partial charge is 0.275 e. The van der Waals surface area contributed by atoms with Crippen molar-refractivity contribution in [1.82, 2.24) is 25.1 Å². The van der Waals surface area contributed by atoms with Crippen LogP contribution in [-0.2, 0) is 0 Å². The highest BCUT2D eigenvalue weighted by molar-refractivity contribution is 6.30. The lowest BCUT2D eigenvalue weighted by atomic mass is 9.89. The van der Waals surface area contributed by atoms with Crippen molar-refractivity contribution < 1.29 is 9.90 Å². The van der Waals surface area contributed by atoms with E-state index in [1.165, 1.54) is 17.9 Å². The largest absolute Gasteiger partial charge is 0.383 e. The van der Waals surface area contributed by atoms with Gasteiger partial charge in [0, 0.05) is 22.7 Å². The Hall–Kier alpha value is -2.32. The second-order valence-electron chi connectivity index (χ2n) is 7.16. The molecule has 1 fully saturated rings. The van der Waals surface area contributed by atoms with Crippen molar-refractivity contribution >= 4 is 29.9 Å². The van der Waals surface area contributed by atoms with E-state index in [4.69, 9.17) is 11.6 Å². The zero-order valence-electron chi connectivity index (χ0n) is 16.5. The number of carbonyl (C=O) groups excluding carboxylic acids is 1. The Labute approximate surface area is 185 Å². The lowest BCUT2D eigenvalue weighted by Crippen LogP contribution is -2.31. The molecule has 1 aliphatic heterocycles. The van der Waals surface area contributed by atoms with Crippen LogP contribution >= 0.6 is 24.0 Å². The molecule has 0 unspecified atom stereocenters. The van der Waals surface area contributed by atoms with Gasteiger partial charge in [-0.1, -0.05) is 23.7 Å². The van der Waals surface area contributed by atoms with Gasteiger partial charge in [0.1, 0.15) is 18.1 Å². The first-order valence-electron chi connectivity index (χ1n) is 9.64. The van der Waals surface area contributed by atoms with Gasteiger partial charge in [-0.3, -0.25) is 4.79 Å². The van der Waals surface area contributed by atoms with Crippen molar-refractivity contribution in [2.24, 2.45) is 0 Å². The van der Waals surface area contributed by atoms with Gasteiger partial charge in [0.25, 0.3) is 5.91 Å². The van der Waals surface area contributed by atoms with Gasteiger partial charge in [-0.2, -0.15) is 5.10 Å². The van der Waals surface area contributed by atoms with Crippen LogP contribution in [0, 0.1) is 0 Å². The molecule has 0 spiro atoms. The Balaban J connectivity index is 0.00000256. The molecule has 30 heavy (non-hydrogen) atoms. The molecule has 0 aliphatic carbocycles. The summed E-state index contributed by atoms with van der Waals surface area (Å²) in [6.45, 7) is 3.18. The van der Waals surface area contributed by atoms with Gasteiger partial charge in [0.2, 0.25) is 0 Å². The van der Waals surface area contributed by atoms with Crippen LogP contribution in [0.15, 0.2) is 42.9 Å². The van der Waals surface area contributed by atoms with Crippen molar-refractivity contribution in [3.05, 3.63) is 53.6 Å². The number of carbonyl (C=O) groups is 1. The number of hydrogen-bond acceptors (Lipinski definition) is 6. The van der Waals surface area contributed by atoms with Crippen LogP contribution in [0.3, 0.4) is 0 Å². The number of halogens is 2. The van der Waals surface area contributed by atoms with E-state index in [-0.39, 0.29) is 18.3 Å². The second-order valence-corrected chi connectivity index (χ2v) is 7.60. The molecule has 7 nitrogen and oxygen atoms in total. The van der Waals surface area contributed by atoms with Crippen LogP contribution in [0.2, 0.25) is 5.02 Å². The van der Waals surface area contributed by atoms with Crippen molar-refractivity contribution in [2.45, 2.75) is 31.8 Å². The van der Waals surface area contributed by atoms with E-state index in [1.807, 2.05) is 18.2 Å². The summed E-state index contributed by atoms with van der Waals surface area (Å²) in [6.07, 6.45) is 3.75. The van der Waals surface area contributed by atoms with Crippen LogP contribution in [0.25, 0.3) is 22.5 Å². The summed E-state index contributed by atoms with van der Waals surface area (Å²) in [4.78, 5) is 21.3. The first-order chi connectivity index (χ1) is 14.1. The fraction of sp³-hybridized carbons (Fsp3) is 0.333. The molecule has 3 aromatic rings. The number of aromatic nitrogens is 4. The fourth-order valence-electron chi connectivity index (χ4n) is 3.75. The number of nitrogens with zero attached hydrogens (tertiary/aromatic N) is 4. The van der Waals surface area contributed by atoms with Gasteiger partial charge < -0.3 is 10.4 Å². The average Bonchev–Trinajstić information content (AvgIpc) is 3.15. The van der Waals surface area contributed by atoms with Crippen molar-refractivity contribution in [3.63, 3.8) is 0 Å². The van der Waals surface area contributed by atoms with Crippen LogP contribution in [0.1, 0.15) is 36.2 Å². The van der Waals surface area contributed by atoms with Crippen molar-refractivity contribution in [2.75, 3.05) is 13.1 Å². The second kappa shape index (κ2) is 9.66. The van der Waals surface area contributed by atoms with Crippen LogP contribution in [-0.4, -0.2) is 50.0 Å². The number of benzene rings is 1. The molecule has 3 heterocycles. The third-order valence-corrected chi connectivity index (χ3v) is 5.42. The zero-order chi connectivity index (χ0) is 20.4. The number of piperidine rings is 1. The van der Waals surface area contributed by atoms with E-state index in [0.717, 1.165) is 42.8 Å². The third kappa shape index (κ3) is 4.39. The third-order valence-electron chi connectivity index (χ3n) is 5.17. The topological polar surface area (TPSA) is 92.9 Å². The Morgan fingerprint density at radius 2 is 1.93 bits per heavy atom. The Bertz CT molecular complexity index is 1000. The molecule has 1 saturated heterocycles. The maximum atomic E-state index is 12.9. The molecule has 0 bridgehead atoms. The number of rotatable bonds is 4. The molecule has 2 N–H and O–H groups in total. The van der Waals surface area contributed by atoms with E-state index < -0.39 is 12.0 Å². The molecule has 4 rings (SSSR count). The van der Waals surface area contributed by atoms with E-state index >= 15 is 0 Å². The minimum absolute atomic E-state index is 0. The SMILES string of the molecule is C[C@@H](O)C(=O)n1nc(-c2ccc(Cl)cc2)c(-c2ccncn2)c1C1CCNCC1.Cl. The highest BCUT2D eigenvalue weighted by Gasteiger charge is 2.31. The number of nitrogens with one attached hydrogen (secondary N) is 1. The molecule has 1 atom stereocenters. The monoisotopic (exact) mass is 447 g/mol. The Kier molecular flexibility index (Phi) is 7.20. The first-order valence-corrected chi connectivity index (χ1v) is 10.0. The normalized spacial score (nSPS) is 15.4. The predicted octanol–water partition coefficient (Wildman–Crippen LogP) is 3.57. The number of hydrogen-bond donors (Lipinski definition) is 2. The minimum Gasteiger partial charge on any atom is -0.383 e. The molecule has 2 aromatic heterocycles. The Morgan fingerprint density at radius 1 is 1.23 bits per heavy atom.